The second-order valence-corrected chi connectivity index (χ2v) is 9.22. The van der Waals surface area contributed by atoms with Gasteiger partial charge in [0.05, 0.1) is 33.4 Å². The molecule has 12 heteroatoms. The summed E-state index contributed by atoms with van der Waals surface area (Å²) < 4.78 is 19.3. The van der Waals surface area contributed by atoms with Crippen LogP contribution in [0.3, 0.4) is 0 Å². The number of benzene rings is 3. The molecule has 0 saturated carbocycles. The van der Waals surface area contributed by atoms with E-state index in [0.717, 1.165) is 17.0 Å². The number of rotatable bonds is 6. The second kappa shape index (κ2) is 9.45. The van der Waals surface area contributed by atoms with E-state index in [1.807, 2.05) is 0 Å². The molecule has 2 heterocycles. The molecule has 10 nitrogen and oxygen atoms in total. The van der Waals surface area contributed by atoms with Crippen molar-refractivity contribution in [3.05, 3.63) is 86.6 Å². The van der Waals surface area contributed by atoms with E-state index in [1.165, 1.54) is 41.5 Å². The van der Waals surface area contributed by atoms with Crippen molar-refractivity contribution in [2.45, 2.75) is 19.1 Å². The van der Waals surface area contributed by atoms with Crippen LogP contribution in [0.5, 0.6) is 11.5 Å². The Balaban J connectivity index is 1.64. The fourth-order valence-electron chi connectivity index (χ4n) is 4.60. The molecule has 1 N–H and O–H groups in total. The maximum absolute atomic E-state index is 13.7. The quantitative estimate of drug-likeness (QED) is 0.257. The van der Waals surface area contributed by atoms with Gasteiger partial charge in [-0.2, -0.15) is 0 Å². The fourth-order valence-corrected chi connectivity index (χ4v) is 5.06. The zero-order valence-electron chi connectivity index (χ0n) is 19.2. The number of aromatic hydroxyl groups is 1. The molecule has 2 fully saturated rings. The van der Waals surface area contributed by atoms with Crippen LogP contribution >= 0.6 is 15.9 Å². The number of amides is 2. The highest BCUT2D eigenvalue weighted by Gasteiger charge is 2.60. The molecule has 5 rings (SSSR count). The molecule has 0 spiro atoms. The maximum Gasteiger partial charge on any atom is 0.271 e. The van der Waals surface area contributed by atoms with Gasteiger partial charge in [-0.3, -0.25) is 24.5 Å². The van der Waals surface area contributed by atoms with Crippen LogP contribution in [0.25, 0.3) is 0 Å². The first-order chi connectivity index (χ1) is 17.7. The summed E-state index contributed by atoms with van der Waals surface area (Å²) in [5, 5.41) is 23.1. The summed E-state index contributed by atoms with van der Waals surface area (Å²) in [5.41, 5.74) is 0.695. The number of halogens is 2. The highest BCUT2D eigenvalue weighted by molar-refractivity contribution is 9.10. The Morgan fingerprint density at radius 2 is 1.84 bits per heavy atom. The number of nitro groups is 1. The number of nitrogens with zero attached hydrogens (tertiary/aromatic N) is 3. The van der Waals surface area contributed by atoms with E-state index in [9.17, 15) is 29.2 Å². The van der Waals surface area contributed by atoms with Crippen LogP contribution in [0, 0.1) is 21.8 Å². The normalized spacial score (nSPS) is 20.9. The Labute approximate surface area is 218 Å². The zero-order valence-corrected chi connectivity index (χ0v) is 20.8. The van der Waals surface area contributed by atoms with Gasteiger partial charge < -0.3 is 9.84 Å². The van der Waals surface area contributed by atoms with Gasteiger partial charge in [-0.05, 0) is 70.9 Å². The van der Waals surface area contributed by atoms with Crippen LogP contribution in [0.2, 0.25) is 0 Å². The van der Waals surface area contributed by atoms with Gasteiger partial charge in [0.25, 0.3) is 11.6 Å². The van der Waals surface area contributed by atoms with E-state index >= 15 is 0 Å². The van der Waals surface area contributed by atoms with Gasteiger partial charge in [-0.25, -0.2) is 14.4 Å². The number of carbonyl (C=O) groups excluding carboxylic acids is 2. The van der Waals surface area contributed by atoms with Crippen LogP contribution in [0.1, 0.15) is 18.5 Å². The molecule has 3 aromatic rings. The molecule has 3 atom stereocenters. The molecule has 3 aromatic carbocycles. The highest BCUT2D eigenvalue weighted by Crippen LogP contribution is 2.50. The summed E-state index contributed by atoms with van der Waals surface area (Å²) >= 11 is 3.30. The number of anilines is 2. The summed E-state index contributed by atoms with van der Waals surface area (Å²) in [5.74, 6) is -2.82. The number of carbonyl (C=O) groups is 2. The van der Waals surface area contributed by atoms with Crippen molar-refractivity contribution in [2.75, 3.05) is 16.6 Å². The van der Waals surface area contributed by atoms with E-state index in [0.29, 0.717) is 5.56 Å². The minimum Gasteiger partial charge on any atom is -0.503 e. The van der Waals surface area contributed by atoms with Gasteiger partial charge in [0.2, 0.25) is 5.91 Å². The summed E-state index contributed by atoms with van der Waals surface area (Å²) in [6.45, 7) is 1.99. The van der Waals surface area contributed by atoms with Gasteiger partial charge >= 0.3 is 0 Å². The average molecular weight is 572 g/mol. The van der Waals surface area contributed by atoms with Crippen molar-refractivity contribution in [2.24, 2.45) is 5.92 Å². The highest BCUT2D eigenvalue weighted by atomic mass is 79.9. The van der Waals surface area contributed by atoms with Crippen molar-refractivity contribution < 1.29 is 33.6 Å². The standard InChI is InChI=1S/C25H19BrFN3O7/c1-2-36-19-11-13(10-18(26)22(19)31)21-20-23(37-29(21)16-4-3-5-17(12-16)30(34)35)25(33)28(24(20)32)15-8-6-14(27)7-9-15/h3-12,20-21,23,31H,2H2,1H3/t20-,21-,23-/m1/s1. The molecule has 2 aliphatic rings. The summed E-state index contributed by atoms with van der Waals surface area (Å²) in [6.07, 6.45) is -1.25. The van der Waals surface area contributed by atoms with Gasteiger partial charge in [-0.15, -0.1) is 0 Å². The zero-order chi connectivity index (χ0) is 26.4. The van der Waals surface area contributed by atoms with E-state index < -0.39 is 40.6 Å². The van der Waals surface area contributed by atoms with Crippen LogP contribution in [0.4, 0.5) is 21.5 Å². The molecule has 0 bridgehead atoms. The second-order valence-electron chi connectivity index (χ2n) is 8.37. The van der Waals surface area contributed by atoms with Gasteiger partial charge in [0.1, 0.15) is 11.7 Å². The summed E-state index contributed by atoms with van der Waals surface area (Å²) in [6, 6.07) is 12.7. The predicted molar refractivity (Wildman–Crippen MR) is 133 cm³/mol. The van der Waals surface area contributed by atoms with Crippen molar-refractivity contribution in [1.82, 2.24) is 0 Å². The van der Waals surface area contributed by atoms with Gasteiger partial charge in [0.15, 0.2) is 17.6 Å². The van der Waals surface area contributed by atoms with Gasteiger partial charge in [-0.1, -0.05) is 6.07 Å². The van der Waals surface area contributed by atoms with Crippen molar-refractivity contribution >= 4 is 44.8 Å². The fraction of sp³-hybridized carbons (Fsp3) is 0.200. The van der Waals surface area contributed by atoms with E-state index in [-0.39, 0.29) is 39.6 Å². The molecular weight excluding hydrogens is 553 g/mol. The topological polar surface area (TPSA) is 122 Å². The molecular formula is C25H19BrFN3O7. The van der Waals surface area contributed by atoms with Crippen LogP contribution in [0.15, 0.2) is 65.1 Å². The lowest BCUT2D eigenvalue weighted by molar-refractivity contribution is -0.384. The molecule has 2 saturated heterocycles. The molecule has 0 unspecified atom stereocenters. The molecule has 190 valence electrons. The number of fused-ring (bicyclic) bond motifs is 1. The van der Waals surface area contributed by atoms with Crippen LogP contribution < -0.4 is 14.7 Å². The lowest BCUT2D eigenvalue weighted by Crippen LogP contribution is -2.37. The number of phenolic OH excluding ortho intramolecular Hbond substituents is 1. The van der Waals surface area contributed by atoms with E-state index in [2.05, 4.69) is 15.9 Å². The minimum absolute atomic E-state index is 0.140. The average Bonchev–Trinajstić information content (AvgIpc) is 3.38. The number of non-ortho nitro benzene ring substituents is 1. The number of hydrogen-bond acceptors (Lipinski definition) is 8. The van der Waals surface area contributed by atoms with E-state index in [1.54, 1.807) is 19.1 Å². The van der Waals surface area contributed by atoms with Crippen LogP contribution in [-0.4, -0.2) is 34.6 Å². The van der Waals surface area contributed by atoms with Crippen molar-refractivity contribution in [1.29, 1.82) is 0 Å². The SMILES string of the molecule is CCOc1cc([C@@H]2[C@H]3C(=O)N(c4ccc(F)cc4)C(=O)[C@@H]3ON2c2cccc([N+](=O)[O-])c2)cc(Br)c1O. The number of nitro benzene ring substituents is 1. The summed E-state index contributed by atoms with van der Waals surface area (Å²) in [7, 11) is 0. The molecule has 2 amide bonds. The molecule has 0 radical (unpaired) electrons. The third-order valence-corrected chi connectivity index (χ3v) is 6.79. The first-order valence-corrected chi connectivity index (χ1v) is 12.0. The first-order valence-electron chi connectivity index (χ1n) is 11.2. The maximum atomic E-state index is 13.7. The molecule has 2 aliphatic heterocycles. The third kappa shape index (κ3) is 4.17. The number of ether oxygens (including phenoxy) is 1. The Bertz CT molecular complexity index is 1420. The number of hydroxylamine groups is 1. The predicted octanol–water partition coefficient (Wildman–Crippen LogP) is 4.65. The van der Waals surface area contributed by atoms with E-state index in [4.69, 9.17) is 9.57 Å². The minimum atomic E-state index is -1.25. The lowest BCUT2D eigenvalue weighted by atomic mass is 9.90. The van der Waals surface area contributed by atoms with Crippen molar-refractivity contribution in [3.63, 3.8) is 0 Å². The third-order valence-electron chi connectivity index (χ3n) is 6.19. The number of imide groups is 1. The largest absolute Gasteiger partial charge is 0.503 e. The monoisotopic (exact) mass is 571 g/mol. The van der Waals surface area contributed by atoms with Crippen LogP contribution in [-0.2, 0) is 14.4 Å². The Morgan fingerprint density at radius 3 is 2.51 bits per heavy atom. The smallest absolute Gasteiger partial charge is 0.271 e. The Morgan fingerprint density at radius 1 is 1.11 bits per heavy atom. The molecule has 37 heavy (non-hydrogen) atoms. The van der Waals surface area contributed by atoms with Gasteiger partial charge in [0, 0.05) is 12.1 Å². The molecule has 0 aromatic heterocycles. The Kier molecular flexibility index (Phi) is 6.30. The lowest BCUT2D eigenvalue weighted by Gasteiger charge is -2.29. The number of phenols is 1. The Hall–Kier alpha value is -4.03. The van der Waals surface area contributed by atoms with Crippen molar-refractivity contribution in [3.8, 4) is 11.5 Å². The first kappa shape index (κ1) is 24.7. The number of hydrogen-bond donors (Lipinski definition) is 1. The molecule has 0 aliphatic carbocycles. The summed E-state index contributed by atoms with van der Waals surface area (Å²) in [4.78, 5) is 44.9.